The third kappa shape index (κ3) is 6.18. The number of hydrogen-bond donors (Lipinski definition) is 0. The summed E-state index contributed by atoms with van der Waals surface area (Å²) in [4.78, 5) is 4.74. The molecule has 1 aromatic heterocycles. The van der Waals surface area contributed by atoms with Gasteiger partial charge in [0.05, 0.1) is 13.8 Å². The van der Waals surface area contributed by atoms with Gasteiger partial charge in [-0.1, -0.05) is 121 Å². The largest absolute Gasteiger partial charge is 0.456 e. The van der Waals surface area contributed by atoms with Gasteiger partial charge in [0.25, 0.3) is 0 Å². The molecule has 2 heterocycles. The van der Waals surface area contributed by atoms with Crippen LogP contribution in [0.4, 0.5) is 34.1 Å². The Morgan fingerprint density at radius 2 is 0.984 bits per heavy atom. The number of hydrogen-bond acceptors (Lipinski definition) is 4. The first-order valence-electron chi connectivity index (χ1n) is 22.2. The zero-order chi connectivity index (χ0) is 43.3. The molecule has 0 atom stereocenters. The van der Waals surface area contributed by atoms with Gasteiger partial charge in [-0.25, -0.2) is 0 Å². The molecule has 0 unspecified atom stereocenters. The van der Waals surface area contributed by atoms with Crippen molar-refractivity contribution in [2.75, 3.05) is 9.80 Å². The van der Waals surface area contributed by atoms with Gasteiger partial charge in [0.2, 0.25) is 0 Å². The molecule has 64 heavy (non-hydrogen) atoms. The molecule has 308 valence electrons. The summed E-state index contributed by atoms with van der Waals surface area (Å²) < 4.78 is 13.4. The molecule has 0 radical (unpaired) electrons. The fraction of sp³-hybridized carbons (Fsp3) is 0.0847. The normalized spacial score (nSPS) is 12.3. The Bertz CT molecular complexity index is 3650. The quantitative estimate of drug-likeness (QED) is 0.118. The summed E-state index contributed by atoms with van der Waals surface area (Å²) in [5.41, 5.74) is 12.9. The van der Waals surface area contributed by atoms with Crippen LogP contribution in [0.2, 0.25) is 19.6 Å². The molecule has 12 rings (SSSR count). The predicted molar refractivity (Wildman–Crippen MR) is 274 cm³/mol. The van der Waals surface area contributed by atoms with E-state index >= 15 is 0 Å². The molecule has 4 nitrogen and oxygen atoms in total. The zero-order valence-electron chi connectivity index (χ0n) is 36.6. The van der Waals surface area contributed by atoms with Crippen LogP contribution in [0.25, 0.3) is 65.4 Å². The van der Waals surface area contributed by atoms with E-state index < -0.39 is 8.07 Å². The van der Waals surface area contributed by atoms with Crippen LogP contribution in [0.5, 0.6) is 11.5 Å². The summed E-state index contributed by atoms with van der Waals surface area (Å²) >= 11 is 0. The number of benzene rings is 10. The van der Waals surface area contributed by atoms with Crippen LogP contribution >= 0.6 is 0 Å². The molecule has 0 aliphatic carbocycles. The Morgan fingerprint density at radius 3 is 1.75 bits per heavy atom. The maximum Gasteiger partial charge on any atom is 0.137 e. The van der Waals surface area contributed by atoms with Crippen LogP contribution in [0.3, 0.4) is 0 Å². The SMILES string of the molecule is Cc1ccc2c(N(c3ccccc3)c3ccc4oc5ccccc5c4c3)cc3c4cc(C)cc5c4c(cc3c2c1)-c1ccc(N(c2ccccc2)c2ccc([Si](C)(C)C)cc2)cc1O5. The number of fused-ring (bicyclic) bond motifs is 9. The van der Waals surface area contributed by atoms with Crippen molar-refractivity contribution in [2.24, 2.45) is 0 Å². The molecule has 10 aromatic carbocycles. The Kier molecular flexibility index (Phi) is 8.62. The minimum Gasteiger partial charge on any atom is -0.456 e. The first kappa shape index (κ1) is 38.1. The number of nitrogens with zero attached hydrogens (tertiary/aromatic N) is 2. The van der Waals surface area contributed by atoms with Crippen LogP contribution in [0.1, 0.15) is 11.1 Å². The molecule has 1 aliphatic heterocycles. The highest BCUT2D eigenvalue weighted by Crippen LogP contribution is 2.53. The number of ether oxygens (including phenoxy) is 1. The number of aryl methyl sites for hydroxylation is 2. The van der Waals surface area contributed by atoms with E-state index in [9.17, 15) is 0 Å². The summed E-state index contributed by atoms with van der Waals surface area (Å²) in [6.45, 7) is 11.6. The highest BCUT2D eigenvalue weighted by Gasteiger charge is 2.27. The van der Waals surface area contributed by atoms with Crippen LogP contribution in [-0.4, -0.2) is 8.07 Å². The highest BCUT2D eigenvalue weighted by molar-refractivity contribution is 6.88. The van der Waals surface area contributed by atoms with Gasteiger partial charge in [0.15, 0.2) is 0 Å². The second-order valence-electron chi connectivity index (χ2n) is 18.3. The Hall–Kier alpha value is -7.60. The molecular formula is C59H46N2O2Si. The number of furan rings is 1. The fourth-order valence-corrected chi connectivity index (χ4v) is 11.1. The molecule has 0 bridgehead atoms. The molecule has 0 spiro atoms. The average Bonchev–Trinajstić information content (AvgIpc) is 3.68. The van der Waals surface area contributed by atoms with E-state index in [1.807, 2.05) is 12.1 Å². The third-order valence-corrected chi connectivity index (χ3v) is 15.1. The Morgan fingerprint density at radius 1 is 0.375 bits per heavy atom. The maximum absolute atomic E-state index is 7.06. The van der Waals surface area contributed by atoms with Crippen LogP contribution in [0.15, 0.2) is 192 Å². The molecule has 0 N–H and O–H groups in total. The fourth-order valence-electron chi connectivity index (χ4n) is 9.93. The van der Waals surface area contributed by atoms with Crippen molar-refractivity contribution < 1.29 is 9.15 Å². The van der Waals surface area contributed by atoms with Gasteiger partial charge in [-0.15, -0.1) is 0 Å². The van der Waals surface area contributed by atoms with E-state index in [1.165, 1.54) is 43.2 Å². The van der Waals surface area contributed by atoms with Crippen molar-refractivity contribution in [3.05, 3.63) is 199 Å². The van der Waals surface area contributed by atoms with E-state index in [0.717, 1.165) is 84.1 Å². The summed E-state index contributed by atoms with van der Waals surface area (Å²) in [5, 5.41) is 10.8. The van der Waals surface area contributed by atoms with Gasteiger partial charge in [0.1, 0.15) is 22.7 Å². The monoisotopic (exact) mass is 842 g/mol. The lowest BCUT2D eigenvalue weighted by molar-refractivity contribution is 0.487. The zero-order valence-corrected chi connectivity index (χ0v) is 37.6. The molecule has 0 saturated carbocycles. The lowest BCUT2D eigenvalue weighted by Crippen LogP contribution is -2.37. The van der Waals surface area contributed by atoms with Gasteiger partial charge < -0.3 is 19.0 Å². The van der Waals surface area contributed by atoms with Crippen LogP contribution in [-0.2, 0) is 0 Å². The second kappa shape index (κ2) is 14.5. The lowest BCUT2D eigenvalue weighted by Gasteiger charge is -2.30. The summed E-state index contributed by atoms with van der Waals surface area (Å²) in [6, 6.07) is 68.4. The third-order valence-electron chi connectivity index (χ3n) is 13.0. The smallest absolute Gasteiger partial charge is 0.137 e. The summed E-state index contributed by atoms with van der Waals surface area (Å²) in [6.07, 6.45) is 0. The minimum atomic E-state index is -1.47. The summed E-state index contributed by atoms with van der Waals surface area (Å²) in [5.74, 6) is 1.73. The van der Waals surface area contributed by atoms with E-state index in [1.54, 1.807) is 0 Å². The van der Waals surface area contributed by atoms with E-state index in [0.29, 0.717) is 0 Å². The highest BCUT2D eigenvalue weighted by atomic mass is 28.3. The lowest BCUT2D eigenvalue weighted by atomic mass is 9.87. The Balaban J connectivity index is 1.08. The van der Waals surface area contributed by atoms with Gasteiger partial charge in [-0.3, -0.25) is 0 Å². The molecule has 0 fully saturated rings. The predicted octanol–water partition coefficient (Wildman–Crippen LogP) is 16.9. The van der Waals surface area contributed by atoms with Crippen LogP contribution in [0, 0.1) is 13.8 Å². The molecule has 0 saturated heterocycles. The van der Waals surface area contributed by atoms with E-state index in [2.05, 4.69) is 219 Å². The van der Waals surface area contributed by atoms with Crippen molar-refractivity contribution in [1.29, 1.82) is 0 Å². The number of para-hydroxylation sites is 3. The molecular weight excluding hydrogens is 797 g/mol. The van der Waals surface area contributed by atoms with Gasteiger partial charge in [-0.05, 0) is 138 Å². The first-order valence-corrected chi connectivity index (χ1v) is 25.7. The number of rotatable bonds is 7. The molecule has 1 aliphatic rings. The van der Waals surface area contributed by atoms with E-state index in [-0.39, 0.29) is 0 Å². The molecule has 11 aromatic rings. The van der Waals surface area contributed by atoms with Gasteiger partial charge in [0, 0.05) is 61.6 Å². The maximum atomic E-state index is 7.06. The van der Waals surface area contributed by atoms with E-state index in [4.69, 9.17) is 9.15 Å². The molecule has 0 amide bonds. The molecule has 5 heteroatoms. The van der Waals surface area contributed by atoms with Crippen molar-refractivity contribution in [3.63, 3.8) is 0 Å². The average molecular weight is 843 g/mol. The van der Waals surface area contributed by atoms with Crippen LogP contribution < -0.4 is 19.7 Å². The van der Waals surface area contributed by atoms with Crippen molar-refractivity contribution in [3.8, 4) is 22.6 Å². The van der Waals surface area contributed by atoms with Gasteiger partial charge in [-0.2, -0.15) is 0 Å². The summed E-state index contributed by atoms with van der Waals surface area (Å²) in [7, 11) is -1.47. The number of anilines is 6. The minimum absolute atomic E-state index is 0.852. The van der Waals surface area contributed by atoms with Crippen molar-refractivity contribution >= 4 is 102 Å². The second-order valence-corrected chi connectivity index (χ2v) is 23.4. The van der Waals surface area contributed by atoms with Gasteiger partial charge >= 0.3 is 0 Å². The first-order chi connectivity index (χ1) is 31.2. The van der Waals surface area contributed by atoms with Crippen molar-refractivity contribution in [1.82, 2.24) is 0 Å². The standard InChI is InChI=1S/C59H46N2O2Si/c1-37-20-27-45-48(30-37)49-35-53-47-28-23-43(60(39-14-8-6-9-15-39)41-21-25-44(26-22-41)64(3,4)5)34-57(47)63-58-32-38(2)31-52(59(53)58)50(49)36-54(45)61(40-16-10-7-11-17-40)42-24-29-56-51(33-42)46-18-12-13-19-55(46)62-56/h6-36H,1-5H3. The Labute approximate surface area is 374 Å². The topological polar surface area (TPSA) is 28.9 Å². The van der Waals surface area contributed by atoms with Crippen molar-refractivity contribution in [2.45, 2.75) is 33.5 Å².